The Labute approximate surface area is 183 Å². The van der Waals surface area contributed by atoms with Crippen LogP contribution < -0.4 is 0 Å². The first kappa shape index (κ1) is 23.4. The first-order valence-corrected chi connectivity index (χ1v) is 9.80. The highest BCUT2D eigenvalue weighted by atomic mass is 35.5. The van der Waals surface area contributed by atoms with E-state index in [1.165, 1.54) is 0 Å². The summed E-state index contributed by atoms with van der Waals surface area (Å²) in [6.07, 6.45) is -8.16. The highest BCUT2D eigenvalue weighted by Crippen LogP contribution is 2.36. The zero-order valence-electron chi connectivity index (χ0n) is 15.7. The summed E-state index contributed by atoms with van der Waals surface area (Å²) in [6.45, 7) is -0.386. The summed E-state index contributed by atoms with van der Waals surface area (Å²) < 4.78 is 79.2. The molecule has 166 valence electrons. The van der Waals surface area contributed by atoms with Crippen molar-refractivity contribution in [2.45, 2.75) is 38.2 Å². The molecule has 0 aliphatic rings. The molecule has 0 aliphatic heterocycles. The molecule has 3 aromatic rings. The van der Waals surface area contributed by atoms with Gasteiger partial charge >= 0.3 is 12.4 Å². The SMILES string of the molecule is FC(F)(F)c1cc(Cn2nnc(CCCc3ccccc3Cl)c2Cl)cc(C(F)(F)F)c1. The van der Waals surface area contributed by atoms with Crippen molar-refractivity contribution in [2.24, 2.45) is 0 Å². The van der Waals surface area contributed by atoms with Crippen LogP contribution >= 0.6 is 23.2 Å². The van der Waals surface area contributed by atoms with Crippen molar-refractivity contribution in [2.75, 3.05) is 0 Å². The number of aromatic nitrogens is 3. The van der Waals surface area contributed by atoms with Crippen LogP contribution in [0.1, 0.15) is 34.4 Å². The van der Waals surface area contributed by atoms with E-state index in [9.17, 15) is 26.3 Å². The van der Waals surface area contributed by atoms with Gasteiger partial charge in [-0.15, -0.1) is 5.10 Å². The van der Waals surface area contributed by atoms with Crippen molar-refractivity contribution in [1.29, 1.82) is 0 Å². The van der Waals surface area contributed by atoms with Gasteiger partial charge in [-0.2, -0.15) is 26.3 Å². The third-order valence-corrected chi connectivity index (χ3v) is 5.32. The second-order valence-electron chi connectivity index (χ2n) is 6.84. The van der Waals surface area contributed by atoms with E-state index >= 15 is 0 Å². The van der Waals surface area contributed by atoms with Crippen LogP contribution in [0.5, 0.6) is 0 Å². The van der Waals surface area contributed by atoms with Crippen LogP contribution in [-0.2, 0) is 31.7 Å². The zero-order valence-corrected chi connectivity index (χ0v) is 17.2. The Morgan fingerprint density at radius 3 is 2.03 bits per heavy atom. The van der Waals surface area contributed by atoms with Crippen molar-refractivity contribution in [1.82, 2.24) is 15.0 Å². The fourth-order valence-corrected chi connectivity index (χ4v) is 3.48. The molecular formula is C20H15Cl2F6N3. The summed E-state index contributed by atoms with van der Waals surface area (Å²) in [4.78, 5) is 0. The number of hydrogen-bond acceptors (Lipinski definition) is 2. The Kier molecular flexibility index (Phi) is 6.85. The minimum atomic E-state index is -4.92. The fourth-order valence-electron chi connectivity index (χ4n) is 3.02. The second-order valence-corrected chi connectivity index (χ2v) is 7.61. The minimum Gasteiger partial charge on any atom is -0.229 e. The van der Waals surface area contributed by atoms with Crippen LogP contribution in [0.3, 0.4) is 0 Å². The number of rotatable bonds is 6. The van der Waals surface area contributed by atoms with Gasteiger partial charge in [0.05, 0.1) is 17.7 Å². The van der Waals surface area contributed by atoms with Crippen LogP contribution in [0.15, 0.2) is 42.5 Å². The number of halogens is 8. The van der Waals surface area contributed by atoms with E-state index in [1.54, 1.807) is 6.07 Å². The molecular weight excluding hydrogens is 467 g/mol. The van der Waals surface area contributed by atoms with Crippen molar-refractivity contribution in [3.8, 4) is 0 Å². The predicted octanol–water partition coefficient (Wildman–Crippen LogP) is 6.85. The van der Waals surface area contributed by atoms with E-state index in [2.05, 4.69) is 10.3 Å². The third-order valence-electron chi connectivity index (χ3n) is 4.54. The molecule has 0 radical (unpaired) electrons. The molecule has 1 heterocycles. The first-order valence-electron chi connectivity index (χ1n) is 9.05. The topological polar surface area (TPSA) is 30.7 Å². The van der Waals surface area contributed by atoms with E-state index in [1.807, 2.05) is 18.2 Å². The number of nitrogens with zero attached hydrogens (tertiary/aromatic N) is 3. The van der Waals surface area contributed by atoms with E-state index in [-0.39, 0.29) is 23.3 Å². The standard InChI is InChI=1S/C20H15Cl2F6N3/c21-16-6-2-1-4-13(16)5-3-7-17-18(22)31(30-29-17)11-12-8-14(19(23,24)25)10-15(9-12)20(26,27)28/h1-2,4,6,8-10H,3,5,7,11H2. The molecule has 3 rings (SSSR count). The molecule has 0 N–H and O–H groups in total. The van der Waals surface area contributed by atoms with Gasteiger partial charge in [-0.05, 0) is 54.7 Å². The zero-order chi connectivity index (χ0) is 22.8. The van der Waals surface area contributed by atoms with Crippen LogP contribution in [-0.4, -0.2) is 15.0 Å². The molecule has 0 fully saturated rings. The summed E-state index contributed by atoms with van der Waals surface area (Å²) in [5.74, 6) is 0. The van der Waals surface area contributed by atoms with Gasteiger partial charge in [-0.3, -0.25) is 0 Å². The highest BCUT2D eigenvalue weighted by molar-refractivity contribution is 6.31. The Morgan fingerprint density at radius 1 is 0.839 bits per heavy atom. The number of alkyl halides is 6. The van der Waals surface area contributed by atoms with Crippen molar-refractivity contribution < 1.29 is 26.3 Å². The summed E-state index contributed by atoms with van der Waals surface area (Å²) in [5.41, 5.74) is -1.69. The van der Waals surface area contributed by atoms with Crippen molar-refractivity contribution in [3.05, 3.63) is 80.6 Å². The molecule has 0 saturated carbocycles. The fraction of sp³-hybridized carbons (Fsp3) is 0.300. The molecule has 1 aromatic heterocycles. The summed E-state index contributed by atoms with van der Waals surface area (Å²) in [5, 5.41) is 8.38. The molecule has 0 atom stereocenters. The molecule has 31 heavy (non-hydrogen) atoms. The van der Waals surface area contributed by atoms with Gasteiger partial charge in [-0.1, -0.05) is 46.6 Å². The average Bonchev–Trinajstić information content (AvgIpc) is 3.01. The van der Waals surface area contributed by atoms with E-state index in [0.717, 1.165) is 10.2 Å². The smallest absolute Gasteiger partial charge is 0.229 e. The average molecular weight is 482 g/mol. The molecule has 0 amide bonds. The lowest BCUT2D eigenvalue weighted by Crippen LogP contribution is -2.13. The number of benzene rings is 2. The first-order chi connectivity index (χ1) is 14.4. The largest absolute Gasteiger partial charge is 0.416 e. The summed E-state index contributed by atoms with van der Waals surface area (Å²) in [6, 6.07) is 8.68. The maximum atomic E-state index is 13.0. The lowest BCUT2D eigenvalue weighted by molar-refractivity contribution is -0.143. The van der Waals surface area contributed by atoms with E-state index in [0.29, 0.717) is 42.1 Å². The van der Waals surface area contributed by atoms with Gasteiger partial charge in [0.1, 0.15) is 5.69 Å². The van der Waals surface area contributed by atoms with Crippen LogP contribution in [0.2, 0.25) is 10.2 Å². The predicted molar refractivity (Wildman–Crippen MR) is 104 cm³/mol. The molecule has 0 unspecified atom stereocenters. The minimum absolute atomic E-state index is 0.0603. The van der Waals surface area contributed by atoms with Gasteiger partial charge < -0.3 is 0 Å². The van der Waals surface area contributed by atoms with Crippen LogP contribution in [0, 0.1) is 0 Å². The third kappa shape index (κ3) is 5.92. The molecule has 0 saturated heterocycles. The van der Waals surface area contributed by atoms with E-state index < -0.39 is 23.5 Å². The lowest BCUT2D eigenvalue weighted by atomic mass is 10.0. The Hall–Kier alpha value is -2.26. The maximum absolute atomic E-state index is 13.0. The van der Waals surface area contributed by atoms with Gasteiger partial charge in [0, 0.05) is 5.02 Å². The van der Waals surface area contributed by atoms with Crippen molar-refractivity contribution >= 4 is 23.2 Å². The van der Waals surface area contributed by atoms with Gasteiger partial charge in [-0.25, -0.2) is 4.68 Å². The second kappa shape index (κ2) is 9.08. The maximum Gasteiger partial charge on any atom is 0.416 e. The highest BCUT2D eigenvalue weighted by Gasteiger charge is 2.37. The number of hydrogen-bond donors (Lipinski definition) is 0. The van der Waals surface area contributed by atoms with Crippen LogP contribution in [0.4, 0.5) is 26.3 Å². The quantitative estimate of drug-likeness (QED) is 0.360. The molecule has 3 nitrogen and oxygen atoms in total. The Morgan fingerprint density at radius 2 is 1.45 bits per heavy atom. The normalized spacial score (nSPS) is 12.4. The number of aryl methyl sites for hydroxylation is 2. The lowest BCUT2D eigenvalue weighted by Gasteiger charge is -2.14. The Bertz CT molecular complexity index is 1030. The molecule has 0 spiro atoms. The summed E-state index contributed by atoms with van der Waals surface area (Å²) in [7, 11) is 0. The van der Waals surface area contributed by atoms with Crippen LogP contribution in [0.25, 0.3) is 0 Å². The molecule has 2 aromatic carbocycles. The van der Waals surface area contributed by atoms with E-state index in [4.69, 9.17) is 23.2 Å². The van der Waals surface area contributed by atoms with Crippen molar-refractivity contribution in [3.63, 3.8) is 0 Å². The Balaban J connectivity index is 1.76. The van der Waals surface area contributed by atoms with Gasteiger partial charge in [0.2, 0.25) is 0 Å². The summed E-state index contributed by atoms with van der Waals surface area (Å²) >= 11 is 12.3. The van der Waals surface area contributed by atoms with Gasteiger partial charge in [0.15, 0.2) is 5.15 Å². The monoisotopic (exact) mass is 481 g/mol. The van der Waals surface area contributed by atoms with Gasteiger partial charge in [0.25, 0.3) is 0 Å². The molecule has 11 heteroatoms. The molecule has 0 bridgehead atoms. The molecule has 0 aliphatic carbocycles.